The Balaban J connectivity index is 2.38. The first-order valence-corrected chi connectivity index (χ1v) is 7.49. The van der Waals surface area contributed by atoms with Crippen LogP contribution in [-0.2, 0) is 0 Å². The Kier molecular flexibility index (Phi) is 5.83. The van der Waals surface area contributed by atoms with Gasteiger partial charge >= 0.3 is 0 Å². The number of thioether (sulfide) groups is 1. The van der Waals surface area contributed by atoms with Crippen LogP contribution in [0.25, 0.3) is 0 Å². The Hall–Kier alpha value is -0.380. The molecule has 0 unspecified atom stereocenters. The summed E-state index contributed by atoms with van der Waals surface area (Å²) >= 11 is 13.6. The van der Waals surface area contributed by atoms with Crippen LogP contribution in [0.2, 0.25) is 10.0 Å². The Morgan fingerprint density at radius 3 is 2.56 bits per heavy atom. The van der Waals surface area contributed by atoms with Crippen LogP contribution in [-0.4, -0.2) is 11.6 Å². The van der Waals surface area contributed by atoms with Crippen LogP contribution < -0.4 is 5.73 Å². The van der Waals surface area contributed by atoms with Crippen molar-refractivity contribution in [2.75, 3.05) is 5.75 Å². The van der Waals surface area contributed by atoms with Gasteiger partial charge in [-0.3, -0.25) is 5.41 Å². The maximum Gasteiger partial charge on any atom is 0.0963 e. The third-order valence-electron chi connectivity index (χ3n) is 2.84. The number of halogens is 2. The van der Waals surface area contributed by atoms with Gasteiger partial charge in [-0.2, -0.15) is 0 Å². The maximum absolute atomic E-state index is 7.49. The topological polar surface area (TPSA) is 49.9 Å². The van der Waals surface area contributed by atoms with Crippen molar-refractivity contribution in [3.8, 4) is 0 Å². The van der Waals surface area contributed by atoms with E-state index < -0.39 is 0 Å². The summed E-state index contributed by atoms with van der Waals surface area (Å²) in [6, 6.07) is 5.66. The van der Waals surface area contributed by atoms with Crippen molar-refractivity contribution in [2.45, 2.75) is 31.6 Å². The average Bonchev–Trinajstić information content (AvgIpc) is 2.29. The molecule has 100 valence electrons. The SMILES string of the molecule is CC(C)(CCCSc1ccc(Cl)c(Cl)c1)C(=N)N. The highest BCUT2D eigenvalue weighted by Crippen LogP contribution is 2.29. The van der Waals surface area contributed by atoms with E-state index in [1.165, 1.54) is 0 Å². The Labute approximate surface area is 123 Å². The molecule has 0 spiro atoms. The third-order valence-corrected chi connectivity index (χ3v) is 4.65. The number of hydrogen-bond acceptors (Lipinski definition) is 2. The van der Waals surface area contributed by atoms with E-state index in [-0.39, 0.29) is 11.3 Å². The van der Waals surface area contributed by atoms with Crippen molar-refractivity contribution in [3.05, 3.63) is 28.2 Å². The summed E-state index contributed by atoms with van der Waals surface area (Å²) in [5.74, 6) is 1.23. The van der Waals surface area contributed by atoms with Crippen molar-refractivity contribution in [1.82, 2.24) is 0 Å². The standard InChI is InChI=1S/C13H18Cl2N2S/c1-13(2,12(16)17)6-3-7-18-9-4-5-10(14)11(15)8-9/h4-5,8H,3,6-7H2,1-2H3,(H3,16,17). The third kappa shape index (κ3) is 4.71. The van der Waals surface area contributed by atoms with Crippen molar-refractivity contribution >= 4 is 40.8 Å². The van der Waals surface area contributed by atoms with Gasteiger partial charge in [-0.25, -0.2) is 0 Å². The highest BCUT2D eigenvalue weighted by atomic mass is 35.5. The van der Waals surface area contributed by atoms with Crippen LogP contribution in [0.4, 0.5) is 0 Å². The molecule has 1 aromatic carbocycles. The molecule has 0 saturated heterocycles. The van der Waals surface area contributed by atoms with Gasteiger partial charge < -0.3 is 5.73 Å². The summed E-state index contributed by atoms with van der Waals surface area (Å²) < 4.78 is 0. The molecular weight excluding hydrogens is 287 g/mol. The molecule has 1 rings (SSSR count). The monoisotopic (exact) mass is 304 g/mol. The smallest absolute Gasteiger partial charge is 0.0963 e. The molecule has 18 heavy (non-hydrogen) atoms. The molecular formula is C13H18Cl2N2S. The lowest BCUT2D eigenvalue weighted by Crippen LogP contribution is -2.30. The molecule has 2 nitrogen and oxygen atoms in total. The molecule has 0 heterocycles. The lowest BCUT2D eigenvalue weighted by atomic mass is 9.87. The summed E-state index contributed by atoms with van der Waals surface area (Å²) in [6.07, 6.45) is 1.92. The van der Waals surface area contributed by atoms with E-state index in [4.69, 9.17) is 34.3 Å². The summed E-state index contributed by atoms with van der Waals surface area (Å²) in [5.41, 5.74) is 5.33. The summed E-state index contributed by atoms with van der Waals surface area (Å²) in [6.45, 7) is 4.00. The van der Waals surface area contributed by atoms with Gasteiger partial charge in [0.15, 0.2) is 0 Å². The average molecular weight is 305 g/mol. The molecule has 0 saturated carbocycles. The second-order valence-electron chi connectivity index (χ2n) is 4.83. The fourth-order valence-corrected chi connectivity index (χ4v) is 2.66. The van der Waals surface area contributed by atoms with E-state index in [1.807, 2.05) is 32.0 Å². The molecule has 0 atom stereocenters. The van der Waals surface area contributed by atoms with Gasteiger partial charge in [-0.1, -0.05) is 37.0 Å². The molecule has 0 radical (unpaired) electrons. The molecule has 0 aliphatic heterocycles. The summed E-state index contributed by atoms with van der Waals surface area (Å²) in [5, 5.41) is 8.66. The second-order valence-corrected chi connectivity index (χ2v) is 6.81. The number of nitrogens with two attached hydrogens (primary N) is 1. The number of rotatable bonds is 6. The molecule has 0 fully saturated rings. The molecule has 1 aromatic rings. The lowest BCUT2D eigenvalue weighted by Gasteiger charge is -2.22. The minimum atomic E-state index is -0.210. The van der Waals surface area contributed by atoms with Crippen LogP contribution in [0, 0.1) is 10.8 Å². The number of amidine groups is 1. The Morgan fingerprint density at radius 2 is 2.00 bits per heavy atom. The zero-order valence-electron chi connectivity index (χ0n) is 10.6. The van der Waals surface area contributed by atoms with Gasteiger partial charge in [0.25, 0.3) is 0 Å². The largest absolute Gasteiger partial charge is 0.387 e. The van der Waals surface area contributed by atoms with E-state index in [0.29, 0.717) is 10.0 Å². The minimum Gasteiger partial charge on any atom is -0.387 e. The molecule has 0 aliphatic carbocycles. The van der Waals surface area contributed by atoms with Crippen molar-refractivity contribution in [2.24, 2.45) is 11.1 Å². The van der Waals surface area contributed by atoms with E-state index in [2.05, 4.69) is 0 Å². The molecule has 0 aromatic heterocycles. The quantitative estimate of drug-likeness (QED) is 0.342. The van der Waals surface area contributed by atoms with Crippen molar-refractivity contribution in [1.29, 1.82) is 5.41 Å². The zero-order valence-corrected chi connectivity index (χ0v) is 12.9. The van der Waals surface area contributed by atoms with Gasteiger partial charge in [0.1, 0.15) is 0 Å². The van der Waals surface area contributed by atoms with E-state index >= 15 is 0 Å². The predicted molar refractivity (Wildman–Crippen MR) is 82.1 cm³/mol. The Morgan fingerprint density at radius 1 is 1.33 bits per heavy atom. The Bertz CT molecular complexity index is 433. The summed E-state index contributed by atoms with van der Waals surface area (Å²) in [7, 11) is 0. The highest BCUT2D eigenvalue weighted by molar-refractivity contribution is 7.99. The second kappa shape index (κ2) is 6.69. The van der Waals surface area contributed by atoms with Gasteiger partial charge in [0.2, 0.25) is 0 Å². The van der Waals surface area contributed by atoms with Crippen molar-refractivity contribution in [3.63, 3.8) is 0 Å². The van der Waals surface area contributed by atoms with Crippen LogP contribution in [0.1, 0.15) is 26.7 Å². The number of benzene rings is 1. The molecule has 0 bridgehead atoms. The van der Waals surface area contributed by atoms with Gasteiger partial charge in [-0.05, 0) is 36.8 Å². The fourth-order valence-electron chi connectivity index (χ4n) is 1.41. The number of hydrogen-bond donors (Lipinski definition) is 2. The van der Waals surface area contributed by atoms with Crippen LogP contribution >= 0.6 is 35.0 Å². The number of nitrogens with one attached hydrogen (secondary N) is 1. The molecule has 0 amide bonds. The maximum atomic E-state index is 7.49. The van der Waals surface area contributed by atoms with Crippen LogP contribution in [0.3, 0.4) is 0 Å². The first-order valence-electron chi connectivity index (χ1n) is 5.75. The predicted octanol–water partition coefficient (Wildman–Crippen LogP) is 4.83. The minimum absolute atomic E-state index is 0.210. The first kappa shape index (κ1) is 15.7. The van der Waals surface area contributed by atoms with Crippen molar-refractivity contribution < 1.29 is 0 Å². The molecule has 0 aliphatic rings. The first-order chi connectivity index (χ1) is 8.33. The van der Waals surface area contributed by atoms with Crippen LogP contribution in [0.5, 0.6) is 0 Å². The van der Waals surface area contributed by atoms with Gasteiger partial charge in [0, 0.05) is 10.3 Å². The molecule has 5 heteroatoms. The van der Waals surface area contributed by atoms with Gasteiger partial charge in [0.05, 0.1) is 15.9 Å². The fraction of sp³-hybridized carbons (Fsp3) is 0.462. The molecule has 3 N–H and O–H groups in total. The normalized spacial score (nSPS) is 11.6. The van der Waals surface area contributed by atoms with Gasteiger partial charge in [-0.15, -0.1) is 11.8 Å². The van der Waals surface area contributed by atoms with Crippen LogP contribution in [0.15, 0.2) is 23.1 Å². The highest BCUT2D eigenvalue weighted by Gasteiger charge is 2.20. The van der Waals surface area contributed by atoms with E-state index in [1.54, 1.807) is 11.8 Å². The lowest BCUT2D eigenvalue weighted by molar-refractivity contribution is 0.464. The zero-order chi connectivity index (χ0) is 13.8. The van der Waals surface area contributed by atoms with E-state index in [0.717, 1.165) is 23.5 Å². The van der Waals surface area contributed by atoms with E-state index in [9.17, 15) is 0 Å². The summed E-state index contributed by atoms with van der Waals surface area (Å²) in [4.78, 5) is 1.12.